The number of carbonyl (C=O) groups excluding carboxylic acids is 1. The third-order valence-corrected chi connectivity index (χ3v) is 6.06. The molecule has 1 aliphatic rings. The number of nitrogens with one attached hydrogen (secondary N) is 1. The van der Waals surface area contributed by atoms with Gasteiger partial charge in [0, 0.05) is 16.5 Å². The zero-order valence-corrected chi connectivity index (χ0v) is 18.5. The molecule has 3 aromatic rings. The Morgan fingerprint density at radius 2 is 2.03 bits per heavy atom. The minimum absolute atomic E-state index is 0.110. The van der Waals surface area contributed by atoms with Crippen LogP contribution in [-0.4, -0.2) is 27.4 Å². The summed E-state index contributed by atoms with van der Waals surface area (Å²) in [6.45, 7) is 7.54. The first-order valence-electron chi connectivity index (χ1n) is 9.23. The fourth-order valence-electron chi connectivity index (χ4n) is 3.49. The zero-order valence-electron chi connectivity index (χ0n) is 16.2. The molecule has 0 spiro atoms. The smallest absolute Gasteiger partial charge is 0.314 e. The second kappa shape index (κ2) is 8.75. The van der Waals surface area contributed by atoms with Crippen LogP contribution in [0.3, 0.4) is 0 Å². The Hall–Kier alpha value is -2.80. The van der Waals surface area contributed by atoms with Gasteiger partial charge in [0.25, 0.3) is 0 Å². The summed E-state index contributed by atoms with van der Waals surface area (Å²) < 4.78 is 12.8. The molecule has 2 heterocycles. The second-order valence-electron chi connectivity index (χ2n) is 6.89. The summed E-state index contributed by atoms with van der Waals surface area (Å²) in [5.41, 5.74) is 2.40. The highest BCUT2D eigenvalue weighted by Crippen LogP contribution is 2.41. The Morgan fingerprint density at radius 3 is 2.81 bits per heavy atom. The maximum absolute atomic E-state index is 12.4. The van der Waals surface area contributed by atoms with Crippen molar-refractivity contribution in [1.29, 1.82) is 0 Å². The van der Waals surface area contributed by atoms with E-state index in [1.165, 1.54) is 10.8 Å². The summed E-state index contributed by atoms with van der Waals surface area (Å²) in [4.78, 5) is 12.4. The molecule has 158 valence electrons. The van der Waals surface area contributed by atoms with Gasteiger partial charge in [-0.25, -0.2) is 4.79 Å². The van der Waals surface area contributed by atoms with Crippen LogP contribution >= 0.6 is 34.8 Å². The first kappa shape index (κ1) is 21.4. The van der Waals surface area contributed by atoms with Gasteiger partial charge in [-0.2, -0.15) is 4.58 Å². The van der Waals surface area contributed by atoms with Gasteiger partial charge in [-0.3, -0.25) is 0 Å². The number of amides is 1. The molecule has 0 bridgehead atoms. The predicted molar refractivity (Wildman–Crippen MR) is 120 cm³/mol. The number of aromatic nitrogens is 2. The number of aromatic amines is 1. The fraction of sp³-hybridized carbons (Fsp3) is 0.136. The number of carbonyl (C=O) groups is 1. The molecule has 4 rings (SSSR count). The van der Waals surface area contributed by atoms with Gasteiger partial charge in [0.05, 0.1) is 41.2 Å². The van der Waals surface area contributed by atoms with Gasteiger partial charge in [-0.15, -0.1) is 5.10 Å². The third kappa shape index (κ3) is 4.19. The van der Waals surface area contributed by atoms with E-state index in [1.54, 1.807) is 24.4 Å². The fourth-order valence-corrected chi connectivity index (χ4v) is 4.19. The lowest BCUT2D eigenvalue weighted by molar-refractivity contribution is -0.367. The summed E-state index contributed by atoms with van der Waals surface area (Å²) in [6.07, 6.45) is 3.27. The molecular weight excluding hydrogens is 461 g/mol. The standard InChI is InChI=1S/C22H17Cl3N3O3/c1-3-30-19-7-12(15-9-20(29)28(2)22-16(15)10-26-27-22)4-5-18(19)31-11-13-6-14(23)8-17(24)21(13)25/h3-8,10,15H,1-2,9,11H2,(H,26,27)/q+1. The van der Waals surface area contributed by atoms with E-state index in [0.29, 0.717) is 37.9 Å². The third-order valence-electron chi connectivity index (χ3n) is 5.00. The molecule has 0 saturated heterocycles. The van der Waals surface area contributed by atoms with Crippen LogP contribution in [-0.2, 0) is 11.4 Å². The topological polar surface area (TPSA) is 67.2 Å². The molecule has 0 radical (unpaired) electrons. The summed E-state index contributed by atoms with van der Waals surface area (Å²) in [5.74, 6) is 1.21. The number of rotatable bonds is 6. The van der Waals surface area contributed by atoms with Gasteiger partial charge >= 0.3 is 11.7 Å². The maximum atomic E-state index is 12.4. The minimum Gasteiger partial charge on any atom is -0.485 e. The van der Waals surface area contributed by atoms with Crippen molar-refractivity contribution < 1.29 is 18.8 Å². The average molecular weight is 478 g/mol. The van der Waals surface area contributed by atoms with Gasteiger partial charge in [0.1, 0.15) is 6.61 Å². The first-order chi connectivity index (χ1) is 14.9. The lowest BCUT2D eigenvalue weighted by atomic mass is 9.87. The number of ether oxygens (including phenoxy) is 2. The molecule has 31 heavy (non-hydrogen) atoms. The molecule has 1 aromatic heterocycles. The lowest BCUT2D eigenvalue weighted by Gasteiger charge is -2.21. The van der Waals surface area contributed by atoms with Crippen molar-refractivity contribution in [2.24, 2.45) is 0 Å². The van der Waals surface area contributed by atoms with E-state index in [-0.39, 0.29) is 24.9 Å². The molecule has 1 atom stereocenters. The van der Waals surface area contributed by atoms with Crippen molar-refractivity contribution in [1.82, 2.24) is 10.2 Å². The van der Waals surface area contributed by atoms with Crippen LogP contribution in [0, 0.1) is 0 Å². The highest BCUT2D eigenvalue weighted by molar-refractivity contribution is 6.43. The van der Waals surface area contributed by atoms with Crippen LogP contribution in [0.5, 0.6) is 11.5 Å². The van der Waals surface area contributed by atoms with E-state index in [0.717, 1.165) is 11.1 Å². The number of hydrogen-bond acceptors (Lipinski definition) is 4. The van der Waals surface area contributed by atoms with Gasteiger partial charge in [-0.05, 0) is 29.8 Å². The monoisotopic (exact) mass is 476 g/mol. The molecule has 9 heteroatoms. The van der Waals surface area contributed by atoms with Crippen LogP contribution in [0.4, 0.5) is 5.82 Å². The molecule has 2 aromatic carbocycles. The summed E-state index contributed by atoms with van der Waals surface area (Å²) in [7, 11) is 0. The normalized spacial score (nSPS) is 15.5. The molecule has 0 saturated carbocycles. The van der Waals surface area contributed by atoms with Crippen molar-refractivity contribution >= 4 is 53.2 Å². The highest BCUT2D eigenvalue weighted by atomic mass is 35.5. The van der Waals surface area contributed by atoms with E-state index < -0.39 is 0 Å². The van der Waals surface area contributed by atoms with Crippen molar-refractivity contribution in [2.45, 2.75) is 18.9 Å². The number of halogens is 3. The van der Waals surface area contributed by atoms with Crippen LogP contribution in [0.2, 0.25) is 15.1 Å². The van der Waals surface area contributed by atoms with Crippen molar-refractivity contribution in [3.8, 4) is 11.5 Å². The van der Waals surface area contributed by atoms with Crippen molar-refractivity contribution in [3.63, 3.8) is 0 Å². The van der Waals surface area contributed by atoms with E-state index >= 15 is 0 Å². The number of H-pyrrole nitrogens is 1. The SMILES string of the molecule is C=COc1cc(C2CC(=O)[N+](=C)c3[nH]ncc32)ccc1OCc1cc(Cl)cc(Cl)c1Cl. The summed E-state index contributed by atoms with van der Waals surface area (Å²) in [5, 5.41) is 8.08. The van der Waals surface area contributed by atoms with Crippen LogP contribution in [0.1, 0.15) is 29.0 Å². The molecule has 1 aliphatic heterocycles. The first-order valence-corrected chi connectivity index (χ1v) is 10.4. The Bertz CT molecular complexity index is 1210. The van der Waals surface area contributed by atoms with E-state index in [9.17, 15) is 4.79 Å². The predicted octanol–water partition coefficient (Wildman–Crippen LogP) is 5.88. The number of fused-ring (bicyclic) bond motifs is 1. The molecular formula is C22H17Cl3N3O3+. The van der Waals surface area contributed by atoms with Gasteiger partial charge < -0.3 is 9.47 Å². The van der Waals surface area contributed by atoms with E-state index in [1.807, 2.05) is 12.1 Å². The van der Waals surface area contributed by atoms with E-state index in [2.05, 4.69) is 23.5 Å². The average Bonchev–Trinajstić information content (AvgIpc) is 3.23. The van der Waals surface area contributed by atoms with Gasteiger partial charge in [0.2, 0.25) is 0 Å². The Labute approximate surface area is 193 Å². The molecule has 0 aliphatic carbocycles. The van der Waals surface area contributed by atoms with Crippen LogP contribution < -0.4 is 9.47 Å². The maximum Gasteiger partial charge on any atom is 0.314 e. The second-order valence-corrected chi connectivity index (χ2v) is 8.11. The van der Waals surface area contributed by atoms with Crippen LogP contribution in [0.25, 0.3) is 0 Å². The molecule has 0 fully saturated rings. The zero-order chi connectivity index (χ0) is 22.1. The van der Waals surface area contributed by atoms with Gasteiger partial charge in [0.15, 0.2) is 11.5 Å². The highest BCUT2D eigenvalue weighted by Gasteiger charge is 2.36. The Morgan fingerprint density at radius 1 is 1.23 bits per heavy atom. The van der Waals surface area contributed by atoms with Gasteiger partial charge in [-0.1, -0.05) is 52.5 Å². The van der Waals surface area contributed by atoms with Crippen molar-refractivity contribution in [3.05, 3.63) is 81.1 Å². The number of benzene rings is 2. The van der Waals surface area contributed by atoms with Crippen LogP contribution in [0.15, 0.2) is 49.4 Å². The number of nitrogens with zero attached hydrogens (tertiary/aromatic N) is 2. The molecule has 1 N–H and O–H groups in total. The molecule has 1 amide bonds. The lowest BCUT2D eigenvalue weighted by Crippen LogP contribution is -2.24. The quantitative estimate of drug-likeness (QED) is 0.273. The summed E-state index contributed by atoms with van der Waals surface area (Å²) >= 11 is 18.4. The minimum atomic E-state index is -0.193. The molecule has 1 unspecified atom stereocenters. The largest absolute Gasteiger partial charge is 0.485 e. The Kier molecular flexibility index (Phi) is 6.05. The van der Waals surface area contributed by atoms with E-state index in [4.69, 9.17) is 44.3 Å². The van der Waals surface area contributed by atoms with Crippen molar-refractivity contribution in [2.75, 3.05) is 0 Å². The molecule has 6 nitrogen and oxygen atoms in total. The number of hydrogen-bond donors (Lipinski definition) is 1. The Balaban J connectivity index is 1.64. The summed E-state index contributed by atoms with van der Waals surface area (Å²) in [6, 6.07) is 8.73.